The molecule has 0 bridgehead atoms. The van der Waals surface area contributed by atoms with Gasteiger partial charge in [0.2, 0.25) is 5.82 Å². The van der Waals surface area contributed by atoms with Gasteiger partial charge < -0.3 is 0 Å². The first-order valence-corrected chi connectivity index (χ1v) is 8.25. The van der Waals surface area contributed by atoms with Gasteiger partial charge in [0.25, 0.3) is 0 Å². The second-order valence-corrected chi connectivity index (χ2v) is 6.45. The lowest BCUT2D eigenvalue weighted by Gasteiger charge is -2.22. The number of para-hydroxylation sites is 1. The maximum Gasteiger partial charge on any atom is 0.451 e. The van der Waals surface area contributed by atoms with Crippen molar-refractivity contribution in [2.45, 2.75) is 32.9 Å². The third kappa shape index (κ3) is 3.76. The summed E-state index contributed by atoms with van der Waals surface area (Å²) in [6.07, 6.45) is -0.962. The predicted octanol–water partition coefficient (Wildman–Crippen LogP) is 5.35. The molecule has 4 nitrogen and oxygen atoms in total. The molecule has 0 amide bonds. The van der Waals surface area contributed by atoms with E-state index >= 15 is 0 Å². The van der Waals surface area contributed by atoms with Gasteiger partial charge in [-0.3, -0.25) is 5.43 Å². The minimum Gasteiger partial charge on any atom is -0.260 e. The van der Waals surface area contributed by atoms with E-state index in [4.69, 9.17) is 0 Å². The molecule has 1 N–H and O–H groups in total. The van der Waals surface area contributed by atoms with Crippen LogP contribution >= 0.6 is 0 Å². The Bertz CT molecular complexity index is 913. The van der Waals surface area contributed by atoms with Crippen molar-refractivity contribution in [3.8, 4) is 0 Å². The molecule has 0 saturated heterocycles. The van der Waals surface area contributed by atoms with Crippen molar-refractivity contribution in [1.82, 2.24) is 9.97 Å². The SMILES string of the molecule is C=C(C)[C@@H]1CC=C(C)C(=NNc2nc(C(F)(F)F)nc3ccccc23)C1. The van der Waals surface area contributed by atoms with E-state index < -0.39 is 12.0 Å². The molecule has 0 fully saturated rings. The minimum absolute atomic E-state index is 0.0423. The number of benzene rings is 1. The fraction of sp³-hybridized carbons (Fsp3) is 0.316. The number of nitrogens with zero attached hydrogens (tertiary/aromatic N) is 3. The summed E-state index contributed by atoms with van der Waals surface area (Å²) < 4.78 is 39.3. The molecule has 3 rings (SSSR count). The van der Waals surface area contributed by atoms with Gasteiger partial charge in [0.05, 0.1) is 11.2 Å². The molecular weight excluding hydrogens is 341 g/mol. The Kier molecular flexibility index (Phi) is 4.80. The van der Waals surface area contributed by atoms with E-state index in [0.717, 1.165) is 23.3 Å². The van der Waals surface area contributed by atoms with Crippen LogP contribution in [0.25, 0.3) is 10.9 Å². The van der Waals surface area contributed by atoms with Crippen LogP contribution in [-0.4, -0.2) is 15.7 Å². The number of hydrogen-bond donors (Lipinski definition) is 1. The van der Waals surface area contributed by atoms with Crippen molar-refractivity contribution in [2.75, 3.05) is 5.43 Å². The molecule has 1 aliphatic rings. The lowest BCUT2D eigenvalue weighted by atomic mass is 9.85. The molecule has 1 heterocycles. The third-order valence-corrected chi connectivity index (χ3v) is 4.45. The number of aromatic nitrogens is 2. The van der Waals surface area contributed by atoms with Crippen LogP contribution in [0.1, 0.15) is 32.5 Å². The average molecular weight is 360 g/mol. The molecule has 1 aromatic carbocycles. The zero-order valence-corrected chi connectivity index (χ0v) is 14.6. The standard InChI is InChI=1S/C19H19F3N4/c1-11(2)13-9-8-12(3)16(10-13)25-26-17-14-6-4-5-7-15(14)23-18(24-17)19(20,21)22/h4-8,13H,1,9-10H2,2-3H3,(H,23,24,26)/t13-/m1/s1. The topological polar surface area (TPSA) is 50.2 Å². The van der Waals surface area contributed by atoms with Crippen molar-refractivity contribution in [1.29, 1.82) is 0 Å². The van der Waals surface area contributed by atoms with E-state index in [2.05, 4.69) is 33.2 Å². The van der Waals surface area contributed by atoms with Crippen molar-refractivity contribution in [3.05, 3.63) is 53.9 Å². The van der Waals surface area contributed by atoms with Crippen LogP contribution in [0.15, 0.2) is 53.2 Å². The normalized spacial score (nSPS) is 19.5. The van der Waals surface area contributed by atoms with Gasteiger partial charge in [-0.15, -0.1) is 0 Å². The third-order valence-electron chi connectivity index (χ3n) is 4.45. The predicted molar refractivity (Wildman–Crippen MR) is 96.9 cm³/mol. The summed E-state index contributed by atoms with van der Waals surface area (Å²) >= 11 is 0. The van der Waals surface area contributed by atoms with Gasteiger partial charge in [-0.25, -0.2) is 9.97 Å². The van der Waals surface area contributed by atoms with Gasteiger partial charge >= 0.3 is 6.18 Å². The van der Waals surface area contributed by atoms with Crippen LogP contribution < -0.4 is 5.43 Å². The highest BCUT2D eigenvalue weighted by molar-refractivity contribution is 6.01. The first kappa shape index (κ1) is 18.1. The lowest BCUT2D eigenvalue weighted by Crippen LogP contribution is -2.17. The fourth-order valence-electron chi connectivity index (χ4n) is 2.83. The van der Waals surface area contributed by atoms with Crippen molar-refractivity contribution in [3.63, 3.8) is 0 Å². The van der Waals surface area contributed by atoms with E-state index in [0.29, 0.717) is 11.8 Å². The first-order valence-electron chi connectivity index (χ1n) is 8.25. The van der Waals surface area contributed by atoms with Crippen LogP contribution in [0.2, 0.25) is 0 Å². The zero-order valence-electron chi connectivity index (χ0n) is 14.6. The molecule has 1 atom stereocenters. The van der Waals surface area contributed by atoms with Gasteiger partial charge in [0.1, 0.15) is 0 Å². The second-order valence-electron chi connectivity index (χ2n) is 6.45. The highest BCUT2D eigenvalue weighted by Crippen LogP contribution is 2.31. The molecule has 136 valence electrons. The quantitative estimate of drug-likeness (QED) is 0.593. The molecule has 7 heteroatoms. The van der Waals surface area contributed by atoms with Gasteiger partial charge in [-0.05, 0) is 50.3 Å². The Morgan fingerprint density at radius 1 is 1.27 bits per heavy atom. The molecule has 0 aliphatic heterocycles. The number of anilines is 1. The Labute approximate surface area is 149 Å². The lowest BCUT2D eigenvalue weighted by molar-refractivity contribution is -0.144. The number of halogens is 3. The monoisotopic (exact) mass is 360 g/mol. The number of fused-ring (bicyclic) bond motifs is 1. The van der Waals surface area contributed by atoms with E-state index in [1.54, 1.807) is 18.2 Å². The summed E-state index contributed by atoms with van der Waals surface area (Å²) in [4.78, 5) is 7.25. The Morgan fingerprint density at radius 3 is 2.69 bits per heavy atom. The number of alkyl halides is 3. The molecular formula is C19H19F3N4. The summed E-state index contributed by atoms with van der Waals surface area (Å²) in [6.45, 7) is 7.89. The van der Waals surface area contributed by atoms with Crippen molar-refractivity contribution >= 4 is 22.4 Å². The van der Waals surface area contributed by atoms with E-state index in [1.807, 2.05) is 13.8 Å². The number of rotatable bonds is 3. The number of nitrogens with one attached hydrogen (secondary N) is 1. The Hall–Kier alpha value is -2.70. The smallest absolute Gasteiger partial charge is 0.260 e. The van der Waals surface area contributed by atoms with E-state index in [9.17, 15) is 13.2 Å². The van der Waals surface area contributed by atoms with E-state index in [-0.39, 0.29) is 17.3 Å². The molecule has 0 saturated carbocycles. The summed E-state index contributed by atoms with van der Waals surface area (Å²) in [7, 11) is 0. The summed E-state index contributed by atoms with van der Waals surface area (Å²) in [6, 6.07) is 6.54. The first-order chi connectivity index (χ1) is 12.3. The molecule has 26 heavy (non-hydrogen) atoms. The molecule has 0 unspecified atom stereocenters. The average Bonchev–Trinajstić information content (AvgIpc) is 2.59. The Morgan fingerprint density at radius 2 is 2.00 bits per heavy atom. The fourth-order valence-corrected chi connectivity index (χ4v) is 2.83. The number of hydrogen-bond acceptors (Lipinski definition) is 4. The minimum atomic E-state index is -4.63. The van der Waals surface area contributed by atoms with Crippen molar-refractivity contribution < 1.29 is 13.2 Å². The van der Waals surface area contributed by atoms with Gasteiger partial charge in [0, 0.05) is 5.39 Å². The van der Waals surface area contributed by atoms with Gasteiger partial charge in [0.15, 0.2) is 5.82 Å². The second kappa shape index (κ2) is 6.90. The maximum absolute atomic E-state index is 13.1. The van der Waals surface area contributed by atoms with Crippen LogP contribution in [-0.2, 0) is 6.18 Å². The van der Waals surface area contributed by atoms with E-state index in [1.165, 1.54) is 6.07 Å². The summed E-state index contributed by atoms with van der Waals surface area (Å²) in [5.74, 6) is -0.859. The van der Waals surface area contributed by atoms with Crippen molar-refractivity contribution in [2.24, 2.45) is 11.0 Å². The molecule has 1 aromatic heterocycles. The zero-order chi connectivity index (χ0) is 18.9. The number of allylic oxidation sites excluding steroid dienone is 3. The largest absolute Gasteiger partial charge is 0.451 e. The van der Waals surface area contributed by atoms with Crippen LogP contribution in [0, 0.1) is 5.92 Å². The van der Waals surface area contributed by atoms with Crippen LogP contribution in [0.3, 0.4) is 0 Å². The summed E-state index contributed by atoms with van der Waals surface area (Å²) in [5, 5.41) is 4.82. The van der Waals surface area contributed by atoms with Gasteiger partial charge in [-0.1, -0.05) is 30.4 Å². The number of hydrazone groups is 1. The maximum atomic E-state index is 13.1. The molecule has 0 spiro atoms. The highest BCUT2D eigenvalue weighted by Gasteiger charge is 2.35. The van der Waals surface area contributed by atoms with Crippen LogP contribution in [0.4, 0.5) is 19.0 Å². The highest BCUT2D eigenvalue weighted by atomic mass is 19.4. The molecule has 2 aromatic rings. The Balaban J connectivity index is 1.99. The van der Waals surface area contributed by atoms with Gasteiger partial charge in [-0.2, -0.15) is 18.3 Å². The summed E-state index contributed by atoms with van der Waals surface area (Å²) in [5.41, 5.74) is 5.80. The van der Waals surface area contributed by atoms with Crippen LogP contribution in [0.5, 0.6) is 0 Å². The molecule has 0 radical (unpaired) electrons. The molecule has 1 aliphatic carbocycles.